The Hall–Kier alpha value is -1.37. The van der Waals surface area contributed by atoms with Gasteiger partial charge >= 0.3 is 0 Å². The lowest BCUT2D eigenvalue weighted by atomic mass is 10.2. The molecule has 0 spiro atoms. The highest BCUT2D eigenvalue weighted by molar-refractivity contribution is 8.11. The minimum absolute atomic E-state index is 0.0235. The van der Waals surface area contributed by atoms with Gasteiger partial charge in [0, 0.05) is 21.9 Å². The molecule has 2 aromatic rings. The third-order valence-electron chi connectivity index (χ3n) is 2.76. The number of thioether (sulfide) groups is 1. The van der Waals surface area contributed by atoms with E-state index in [4.69, 9.17) is 9.47 Å². The summed E-state index contributed by atoms with van der Waals surface area (Å²) >= 11 is 2.40. The Morgan fingerprint density at radius 3 is 2.90 bits per heavy atom. The number of carbonyl (C=O) groups is 1. The van der Waals surface area contributed by atoms with Crippen molar-refractivity contribution in [3.63, 3.8) is 0 Å². The van der Waals surface area contributed by atoms with Gasteiger partial charge in [0.05, 0.1) is 13.2 Å². The lowest BCUT2D eigenvalue weighted by molar-refractivity contribution is 0.112. The molecule has 0 fully saturated rings. The normalized spacial score (nSPS) is 10.7. The summed E-state index contributed by atoms with van der Waals surface area (Å²) in [6.45, 7) is 3.32. The molecule has 1 aromatic heterocycles. The third kappa shape index (κ3) is 4.84. The van der Waals surface area contributed by atoms with Gasteiger partial charge in [0.25, 0.3) is 0 Å². The molecule has 2 rings (SSSR count). The SMILES string of the molecule is Cc1ccc2sc(=O)cc(OCCOCCSC=O)c2c1. The van der Waals surface area contributed by atoms with Crippen molar-refractivity contribution in [1.29, 1.82) is 0 Å². The lowest BCUT2D eigenvalue weighted by Gasteiger charge is -2.09. The number of fused-ring (bicyclic) bond motifs is 1. The van der Waals surface area contributed by atoms with E-state index < -0.39 is 0 Å². The molecule has 0 saturated carbocycles. The zero-order chi connectivity index (χ0) is 15.1. The molecular formula is C15H16O4S2. The molecule has 0 amide bonds. The fourth-order valence-electron chi connectivity index (χ4n) is 1.84. The molecule has 0 saturated heterocycles. The van der Waals surface area contributed by atoms with Crippen LogP contribution in [0.1, 0.15) is 5.56 Å². The molecule has 0 radical (unpaired) electrons. The van der Waals surface area contributed by atoms with Crippen LogP contribution in [0.5, 0.6) is 5.75 Å². The first-order valence-corrected chi connectivity index (χ1v) is 8.37. The van der Waals surface area contributed by atoms with Crippen LogP contribution >= 0.6 is 23.1 Å². The highest BCUT2D eigenvalue weighted by atomic mass is 32.2. The zero-order valence-corrected chi connectivity index (χ0v) is 13.3. The molecule has 0 aliphatic carbocycles. The molecule has 112 valence electrons. The lowest BCUT2D eigenvalue weighted by Crippen LogP contribution is -2.09. The van der Waals surface area contributed by atoms with Gasteiger partial charge < -0.3 is 9.47 Å². The maximum atomic E-state index is 11.7. The Bertz CT molecular complexity index is 666. The Balaban J connectivity index is 1.96. The first-order valence-electron chi connectivity index (χ1n) is 6.51. The summed E-state index contributed by atoms with van der Waals surface area (Å²) in [5.74, 6) is 1.24. The van der Waals surface area contributed by atoms with Gasteiger partial charge in [0.2, 0.25) is 4.74 Å². The highest BCUT2D eigenvalue weighted by Crippen LogP contribution is 2.27. The summed E-state index contributed by atoms with van der Waals surface area (Å²) in [4.78, 5) is 21.8. The van der Waals surface area contributed by atoms with E-state index in [0.717, 1.165) is 21.3 Å². The number of benzene rings is 1. The molecule has 0 unspecified atom stereocenters. The van der Waals surface area contributed by atoms with Crippen LogP contribution in [0.2, 0.25) is 0 Å². The van der Waals surface area contributed by atoms with Gasteiger partial charge in [-0.05, 0) is 19.1 Å². The van der Waals surface area contributed by atoms with E-state index in [1.807, 2.05) is 25.1 Å². The predicted molar refractivity (Wildman–Crippen MR) is 88.4 cm³/mol. The molecule has 6 heteroatoms. The summed E-state index contributed by atoms with van der Waals surface area (Å²) in [7, 11) is 0. The maximum Gasteiger partial charge on any atom is 0.236 e. The van der Waals surface area contributed by atoms with E-state index in [0.29, 0.717) is 31.3 Å². The molecule has 0 bridgehead atoms. The summed E-state index contributed by atoms with van der Waals surface area (Å²) in [6, 6.07) is 7.46. The largest absolute Gasteiger partial charge is 0.490 e. The van der Waals surface area contributed by atoms with Crippen LogP contribution in [0.25, 0.3) is 10.1 Å². The van der Waals surface area contributed by atoms with Gasteiger partial charge in [-0.15, -0.1) is 0 Å². The molecule has 0 N–H and O–H groups in total. The summed E-state index contributed by atoms with van der Waals surface area (Å²) in [5.41, 5.74) is 1.93. The van der Waals surface area contributed by atoms with Crippen LogP contribution in [0, 0.1) is 6.92 Å². The average Bonchev–Trinajstić information content (AvgIpc) is 2.47. The number of rotatable bonds is 8. The monoisotopic (exact) mass is 324 g/mol. The summed E-state index contributed by atoms with van der Waals surface area (Å²) in [6.07, 6.45) is 0. The van der Waals surface area contributed by atoms with E-state index in [1.165, 1.54) is 29.2 Å². The quantitative estimate of drug-likeness (QED) is 0.552. The van der Waals surface area contributed by atoms with E-state index in [1.54, 1.807) is 0 Å². The van der Waals surface area contributed by atoms with Crippen molar-refractivity contribution in [2.45, 2.75) is 6.92 Å². The van der Waals surface area contributed by atoms with Crippen LogP contribution in [0.4, 0.5) is 0 Å². The second kappa shape index (κ2) is 8.17. The minimum Gasteiger partial charge on any atom is -0.490 e. The van der Waals surface area contributed by atoms with Gasteiger partial charge in [-0.25, -0.2) is 0 Å². The number of hydrogen-bond acceptors (Lipinski definition) is 6. The fraction of sp³-hybridized carbons (Fsp3) is 0.333. The minimum atomic E-state index is -0.0235. The van der Waals surface area contributed by atoms with Gasteiger partial charge in [-0.2, -0.15) is 0 Å². The van der Waals surface area contributed by atoms with Gasteiger partial charge in [0.1, 0.15) is 12.4 Å². The van der Waals surface area contributed by atoms with Crippen molar-refractivity contribution < 1.29 is 14.3 Å². The Labute approximate surface area is 131 Å². The number of aryl methyl sites for hydroxylation is 1. The Morgan fingerprint density at radius 2 is 2.10 bits per heavy atom. The second-order valence-electron chi connectivity index (χ2n) is 4.36. The number of carbonyl (C=O) groups excluding carboxylic acids is 1. The van der Waals surface area contributed by atoms with Gasteiger partial charge in [-0.1, -0.05) is 34.7 Å². The highest BCUT2D eigenvalue weighted by Gasteiger charge is 2.05. The second-order valence-corrected chi connectivity index (χ2v) is 6.34. The van der Waals surface area contributed by atoms with E-state index in [2.05, 4.69) is 0 Å². The van der Waals surface area contributed by atoms with Crippen molar-refractivity contribution in [3.8, 4) is 5.75 Å². The molecule has 0 atom stereocenters. The van der Waals surface area contributed by atoms with Crippen LogP contribution in [0.3, 0.4) is 0 Å². The zero-order valence-electron chi connectivity index (χ0n) is 11.7. The van der Waals surface area contributed by atoms with Crippen LogP contribution in [-0.2, 0) is 9.53 Å². The number of ether oxygens (including phenoxy) is 2. The summed E-state index contributed by atoms with van der Waals surface area (Å²) < 4.78 is 11.9. The Kier molecular flexibility index (Phi) is 6.22. The first-order chi connectivity index (χ1) is 10.2. The van der Waals surface area contributed by atoms with Crippen molar-refractivity contribution in [2.24, 2.45) is 0 Å². The molecule has 21 heavy (non-hydrogen) atoms. The molecule has 0 aliphatic rings. The molecule has 4 nitrogen and oxygen atoms in total. The van der Waals surface area contributed by atoms with E-state index in [-0.39, 0.29) is 4.74 Å². The van der Waals surface area contributed by atoms with Crippen molar-refractivity contribution >= 4 is 38.8 Å². The standard InChI is InChI=1S/C15H16O4S2/c1-11-2-3-14-12(8-11)13(9-15(17)21-14)19-5-4-18-6-7-20-10-16/h2-3,8-10H,4-7H2,1H3. The van der Waals surface area contributed by atoms with Crippen LogP contribution < -0.4 is 9.48 Å². The van der Waals surface area contributed by atoms with Gasteiger partial charge in [-0.3, -0.25) is 9.59 Å². The fourth-order valence-corrected chi connectivity index (χ4v) is 2.93. The van der Waals surface area contributed by atoms with E-state index in [9.17, 15) is 9.59 Å². The van der Waals surface area contributed by atoms with Crippen molar-refractivity contribution in [2.75, 3.05) is 25.6 Å². The third-order valence-corrected chi connectivity index (χ3v) is 4.19. The predicted octanol–water partition coefficient (Wildman–Crippen LogP) is 2.89. The summed E-state index contributed by atoms with van der Waals surface area (Å²) in [5, 5.41) is 0.955. The molecular weight excluding hydrogens is 308 g/mol. The van der Waals surface area contributed by atoms with E-state index >= 15 is 0 Å². The molecule has 1 heterocycles. The van der Waals surface area contributed by atoms with Crippen molar-refractivity contribution in [1.82, 2.24) is 0 Å². The van der Waals surface area contributed by atoms with Gasteiger partial charge in [0.15, 0.2) is 5.62 Å². The molecule has 0 aliphatic heterocycles. The maximum absolute atomic E-state index is 11.7. The number of hydrogen-bond donors (Lipinski definition) is 0. The van der Waals surface area contributed by atoms with Crippen molar-refractivity contribution in [3.05, 3.63) is 39.4 Å². The smallest absolute Gasteiger partial charge is 0.236 e. The first kappa shape index (κ1) is 16.0. The topological polar surface area (TPSA) is 52.6 Å². The molecule has 1 aromatic carbocycles. The van der Waals surface area contributed by atoms with Crippen LogP contribution in [-0.4, -0.2) is 31.2 Å². The van der Waals surface area contributed by atoms with Crippen LogP contribution in [0.15, 0.2) is 29.1 Å². The Morgan fingerprint density at radius 1 is 1.24 bits per heavy atom. The average molecular weight is 324 g/mol.